The van der Waals surface area contributed by atoms with Gasteiger partial charge in [-0.1, -0.05) is 91.0 Å². The van der Waals surface area contributed by atoms with Crippen molar-refractivity contribution in [2.45, 2.75) is 0 Å². The molecule has 2 heterocycles. The first-order valence-electron chi connectivity index (χ1n) is 13.6. The van der Waals surface area contributed by atoms with E-state index >= 15 is 0 Å². The first-order valence-corrected chi connectivity index (χ1v) is 13.6. The lowest BCUT2D eigenvalue weighted by Gasteiger charge is -2.11. The fourth-order valence-corrected chi connectivity index (χ4v) is 6.26. The lowest BCUT2D eigenvalue weighted by atomic mass is 9.99. The molecular weight excluding hydrogens is 488 g/mol. The number of nitrogens with zero attached hydrogens (tertiary/aromatic N) is 2. The van der Waals surface area contributed by atoms with Crippen LogP contribution in [0.5, 0.6) is 0 Å². The summed E-state index contributed by atoms with van der Waals surface area (Å²) in [5, 5.41) is 9.52. The monoisotopic (exact) mass is 510 g/mol. The number of hydrogen-bond donors (Lipinski definition) is 0. The summed E-state index contributed by atoms with van der Waals surface area (Å²) in [5.41, 5.74) is 5.82. The number of rotatable bonds is 2. The van der Waals surface area contributed by atoms with Crippen LogP contribution in [0.1, 0.15) is 0 Å². The molecule has 40 heavy (non-hydrogen) atoms. The largest absolute Gasteiger partial charge is 0.455 e. The first-order chi connectivity index (χ1) is 19.8. The van der Waals surface area contributed by atoms with Crippen LogP contribution in [-0.2, 0) is 0 Å². The van der Waals surface area contributed by atoms with Crippen molar-refractivity contribution in [3.8, 4) is 17.1 Å². The summed E-state index contributed by atoms with van der Waals surface area (Å²) in [6.07, 6.45) is 0. The van der Waals surface area contributed by atoms with Crippen LogP contribution >= 0.6 is 0 Å². The Hall–Kier alpha value is -5.41. The Morgan fingerprint density at radius 2 is 1.25 bits per heavy atom. The predicted molar refractivity (Wildman–Crippen MR) is 166 cm³/mol. The molecule has 3 heteroatoms. The van der Waals surface area contributed by atoms with Gasteiger partial charge in [-0.15, -0.1) is 0 Å². The van der Waals surface area contributed by atoms with Crippen molar-refractivity contribution in [3.63, 3.8) is 0 Å². The summed E-state index contributed by atoms with van der Waals surface area (Å²) in [6, 6.07) is 47.2. The lowest BCUT2D eigenvalue weighted by molar-refractivity contribution is 0.670. The number of fused-ring (bicyclic) bond motifs is 8. The standard InChI is InChI=1S/C37H22N2O/c1-2-10-25-20-27(19-18-23(25)8-1)39-34-15-6-5-14-33(34)38-37(39)30-13-7-12-29-32-21-26-17-16-24-9-3-4-11-28(24)31(26)22-35(32)40-36(29)30/h1-22H. The van der Waals surface area contributed by atoms with Crippen LogP contribution in [0.25, 0.3) is 82.4 Å². The normalized spacial score (nSPS) is 12.0. The number of aromatic nitrogens is 2. The Labute approximate surface area is 229 Å². The summed E-state index contributed by atoms with van der Waals surface area (Å²) in [4.78, 5) is 5.16. The second-order valence-electron chi connectivity index (χ2n) is 10.4. The second-order valence-corrected chi connectivity index (χ2v) is 10.4. The van der Waals surface area contributed by atoms with Crippen molar-refractivity contribution in [2.24, 2.45) is 0 Å². The fourth-order valence-electron chi connectivity index (χ4n) is 6.26. The van der Waals surface area contributed by atoms with E-state index < -0.39 is 0 Å². The topological polar surface area (TPSA) is 31.0 Å². The molecule has 186 valence electrons. The van der Waals surface area contributed by atoms with Crippen LogP contribution in [0.15, 0.2) is 138 Å². The molecule has 0 aliphatic carbocycles. The Morgan fingerprint density at radius 1 is 0.500 bits per heavy atom. The van der Waals surface area contributed by atoms with Crippen molar-refractivity contribution in [2.75, 3.05) is 0 Å². The quantitative estimate of drug-likeness (QED) is 0.217. The molecule has 7 aromatic carbocycles. The van der Waals surface area contributed by atoms with Gasteiger partial charge in [-0.25, -0.2) is 4.98 Å². The molecular formula is C37H22N2O. The molecule has 0 atom stereocenters. The summed E-state index contributed by atoms with van der Waals surface area (Å²) in [6.45, 7) is 0. The molecule has 9 aromatic rings. The molecule has 0 saturated heterocycles. The van der Waals surface area contributed by atoms with E-state index in [0.717, 1.165) is 50.0 Å². The molecule has 0 fully saturated rings. The third-order valence-corrected chi connectivity index (χ3v) is 8.16. The van der Waals surface area contributed by atoms with Crippen molar-refractivity contribution in [1.29, 1.82) is 0 Å². The van der Waals surface area contributed by atoms with E-state index in [1.165, 1.54) is 32.3 Å². The van der Waals surface area contributed by atoms with E-state index in [4.69, 9.17) is 9.40 Å². The minimum Gasteiger partial charge on any atom is -0.455 e. The van der Waals surface area contributed by atoms with Crippen molar-refractivity contribution in [1.82, 2.24) is 9.55 Å². The highest BCUT2D eigenvalue weighted by Crippen LogP contribution is 2.40. The molecule has 0 bridgehead atoms. The average molecular weight is 511 g/mol. The van der Waals surface area contributed by atoms with Gasteiger partial charge in [-0.2, -0.15) is 0 Å². The third-order valence-electron chi connectivity index (χ3n) is 8.16. The number of imidazole rings is 1. The van der Waals surface area contributed by atoms with Gasteiger partial charge in [0.25, 0.3) is 0 Å². The Bertz CT molecular complexity index is 2440. The van der Waals surface area contributed by atoms with Crippen LogP contribution in [0, 0.1) is 0 Å². The highest BCUT2D eigenvalue weighted by molar-refractivity contribution is 6.17. The predicted octanol–water partition coefficient (Wildman–Crippen LogP) is 10.1. The Morgan fingerprint density at radius 3 is 2.20 bits per heavy atom. The molecule has 0 amide bonds. The van der Waals surface area contributed by atoms with E-state index in [-0.39, 0.29) is 0 Å². The van der Waals surface area contributed by atoms with Gasteiger partial charge in [0, 0.05) is 16.5 Å². The Kier molecular flexibility index (Phi) is 4.33. The molecule has 0 N–H and O–H groups in total. The number of para-hydroxylation sites is 3. The van der Waals surface area contributed by atoms with Gasteiger partial charge in [-0.3, -0.25) is 4.57 Å². The maximum Gasteiger partial charge on any atom is 0.149 e. The van der Waals surface area contributed by atoms with Gasteiger partial charge in [-0.05, 0) is 74.8 Å². The number of hydrogen-bond acceptors (Lipinski definition) is 2. The Balaban J connectivity index is 1.35. The summed E-state index contributed by atoms with van der Waals surface area (Å²) in [5.74, 6) is 0.871. The van der Waals surface area contributed by atoms with Crippen LogP contribution in [-0.4, -0.2) is 9.55 Å². The highest BCUT2D eigenvalue weighted by Gasteiger charge is 2.20. The van der Waals surface area contributed by atoms with Gasteiger partial charge in [0.1, 0.15) is 17.0 Å². The lowest BCUT2D eigenvalue weighted by Crippen LogP contribution is -1.98. The molecule has 2 aromatic heterocycles. The van der Waals surface area contributed by atoms with Crippen LogP contribution in [0.3, 0.4) is 0 Å². The van der Waals surface area contributed by atoms with E-state index in [2.05, 4.69) is 132 Å². The van der Waals surface area contributed by atoms with Gasteiger partial charge in [0.2, 0.25) is 0 Å². The van der Waals surface area contributed by atoms with Crippen LogP contribution < -0.4 is 0 Å². The van der Waals surface area contributed by atoms with Gasteiger partial charge >= 0.3 is 0 Å². The maximum absolute atomic E-state index is 6.70. The zero-order valence-electron chi connectivity index (χ0n) is 21.5. The number of benzene rings is 7. The van der Waals surface area contributed by atoms with Crippen molar-refractivity contribution in [3.05, 3.63) is 133 Å². The maximum atomic E-state index is 6.70. The molecule has 0 radical (unpaired) electrons. The minimum atomic E-state index is 0.856. The highest BCUT2D eigenvalue weighted by atomic mass is 16.3. The molecule has 0 spiro atoms. The third kappa shape index (κ3) is 3.03. The summed E-state index contributed by atoms with van der Waals surface area (Å²) >= 11 is 0. The van der Waals surface area contributed by atoms with E-state index in [1.807, 2.05) is 6.07 Å². The molecule has 0 unspecified atom stereocenters. The van der Waals surface area contributed by atoms with Gasteiger partial charge in [0.15, 0.2) is 0 Å². The first kappa shape index (κ1) is 21.5. The van der Waals surface area contributed by atoms with Crippen LogP contribution in [0.2, 0.25) is 0 Å². The van der Waals surface area contributed by atoms with Crippen molar-refractivity contribution >= 4 is 65.3 Å². The SMILES string of the molecule is c1ccc2cc(-n3c(-c4cccc5c4oc4cc6c(ccc7ccccc76)cc45)nc4ccccc43)ccc2c1. The summed E-state index contributed by atoms with van der Waals surface area (Å²) < 4.78 is 8.96. The minimum absolute atomic E-state index is 0.856. The second kappa shape index (κ2) is 8.05. The number of furan rings is 1. The summed E-state index contributed by atoms with van der Waals surface area (Å²) in [7, 11) is 0. The zero-order chi connectivity index (χ0) is 26.2. The molecule has 0 saturated carbocycles. The van der Waals surface area contributed by atoms with Crippen LogP contribution in [0.4, 0.5) is 0 Å². The molecule has 9 rings (SSSR count). The molecule has 3 nitrogen and oxygen atoms in total. The van der Waals surface area contributed by atoms with Gasteiger partial charge in [0.05, 0.1) is 16.6 Å². The fraction of sp³-hybridized carbons (Fsp3) is 0. The van der Waals surface area contributed by atoms with E-state index in [9.17, 15) is 0 Å². The van der Waals surface area contributed by atoms with Crippen molar-refractivity contribution < 1.29 is 4.42 Å². The average Bonchev–Trinajstić information content (AvgIpc) is 3.58. The molecule has 0 aliphatic heterocycles. The smallest absolute Gasteiger partial charge is 0.149 e. The van der Waals surface area contributed by atoms with E-state index in [0.29, 0.717) is 0 Å². The van der Waals surface area contributed by atoms with E-state index in [1.54, 1.807) is 0 Å². The van der Waals surface area contributed by atoms with Gasteiger partial charge < -0.3 is 4.42 Å². The zero-order valence-corrected chi connectivity index (χ0v) is 21.5. The molecule has 0 aliphatic rings.